The lowest BCUT2D eigenvalue weighted by atomic mass is 9.92. The summed E-state index contributed by atoms with van der Waals surface area (Å²) in [7, 11) is 0. The van der Waals surface area contributed by atoms with Crippen LogP contribution in [-0.2, 0) is 0 Å². The minimum Gasteiger partial charge on any atom is -0.234 e. The number of alkyl halides is 16. The molecule has 0 saturated heterocycles. The van der Waals surface area contributed by atoms with E-state index in [1.165, 1.54) is 0 Å². The predicted octanol–water partition coefficient (Wildman–Crippen LogP) is 6.89. The Morgan fingerprint density at radius 2 is 0.786 bits per heavy atom. The standard InChI is InChI=1S/C8HCl3F16Si/c9-28(10,11)3(15,16)1(12)2(13,14)4(17,18)5(19,20)6(21,22)7(23,24)8(25,26)27/h1H. The molecular formula is C8HCl3F16Si. The van der Waals surface area contributed by atoms with Crippen molar-refractivity contribution in [3.63, 3.8) is 0 Å². The molecule has 0 aromatic carbocycles. The van der Waals surface area contributed by atoms with Crippen molar-refractivity contribution in [2.24, 2.45) is 0 Å². The van der Waals surface area contributed by atoms with Gasteiger partial charge in [0.05, 0.1) is 0 Å². The lowest BCUT2D eigenvalue weighted by molar-refractivity contribution is -0.444. The zero-order valence-corrected chi connectivity index (χ0v) is 15.0. The normalized spacial score (nSPS) is 17.7. The van der Waals surface area contributed by atoms with Crippen LogP contribution in [0.3, 0.4) is 0 Å². The molecule has 0 aliphatic rings. The van der Waals surface area contributed by atoms with Gasteiger partial charge in [0.15, 0.2) is 0 Å². The summed E-state index contributed by atoms with van der Waals surface area (Å²) in [5, 5.41) is 0. The molecule has 170 valence electrons. The van der Waals surface area contributed by atoms with E-state index in [-0.39, 0.29) is 0 Å². The fraction of sp³-hybridized carbons (Fsp3) is 1.00. The fourth-order valence-corrected chi connectivity index (χ4v) is 2.64. The Morgan fingerprint density at radius 3 is 1.04 bits per heavy atom. The van der Waals surface area contributed by atoms with Gasteiger partial charge in [-0.1, -0.05) is 0 Å². The van der Waals surface area contributed by atoms with E-state index in [1.807, 2.05) is 0 Å². The molecule has 0 bridgehead atoms. The van der Waals surface area contributed by atoms with Gasteiger partial charge in [0.1, 0.15) is 0 Å². The molecule has 0 amide bonds. The van der Waals surface area contributed by atoms with Gasteiger partial charge in [-0.25, -0.2) is 13.2 Å². The quantitative estimate of drug-likeness (QED) is 0.189. The monoisotopic (exact) mass is 534 g/mol. The molecule has 0 N–H and O–H groups in total. The van der Waals surface area contributed by atoms with Gasteiger partial charge in [0, 0.05) is 0 Å². The van der Waals surface area contributed by atoms with Crippen LogP contribution in [0.15, 0.2) is 0 Å². The molecule has 0 radical (unpaired) electrons. The van der Waals surface area contributed by atoms with Crippen LogP contribution in [0.2, 0.25) is 0 Å². The summed E-state index contributed by atoms with van der Waals surface area (Å²) in [5.74, 6) is -40.9. The molecule has 20 heteroatoms. The zero-order valence-electron chi connectivity index (χ0n) is 11.8. The highest BCUT2D eigenvalue weighted by Crippen LogP contribution is 2.62. The lowest BCUT2D eigenvalue weighted by Crippen LogP contribution is -2.73. The highest BCUT2D eigenvalue weighted by Gasteiger charge is 2.92. The average molecular weight is 536 g/mol. The third-order valence-electron chi connectivity index (χ3n) is 2.97. The summed E-state index contributed by atoms with van der Waals surface area (Å²) in [4.78, 5) is 0. The van der Waals surface area contributed by atoms with Gasteiger partial charge < -0.3 is 0 Å². The van der Waals surface area contributed by atoms with Crippen LogP contribution >= 0.6 is 33.2 Å². The van der Waals surface area contributed by atoms with Gasteiger partial charge in [-0.05, 0) is 0 Å². The van der Waals surface area contributed by atoms with Crippen molar-refractivity contribution in [1.82, 2.24) is 0 Å². The smallest absolute Gasteiger partial charge is 0.234 e. The molecule has 1 unspecified atom stereocenters. The van der Waals surface area contributed by atoms with Crippen molar-refractivity contribution in [2.75, 3.05) is 0 Å². The summed E-state index contributed by atoms with van der Waals surface area (Å²) < 4.78 is 205. The van der Waals surface area contributed by atoms with Crippen molar-refractivity contribution in [3.8, 4) is 0 Å². The third-order valence-corrected chi connectivity index (χ3v) is 6.25. The summed E-state index contributed by atoms with van der Waals surface area (Å²) in [5.41, 5.74) is -6.21. The first kappa shape index (κ1) is 28.0. The van der Waals surface area contributed by atoms with Gasteiger partial charge in [-0.15, -0.1) is 33.2 Å². The number of hydrogen-bond acceptors (Lipinski definition) is 0. The SMILES string of the molecule is FC(C(F)(F)C(F)(F)C(F)(F)C(F)(F)C(F)(F)C(F)(F)F)C(F)(F)[Si](Cl)(Cl)Cl. The molecule has 1 atom stereocenters. The Bertz CT molecular complexity index is 577. The highest BCUT2D eigenvalue weighted by atomic mass is 35.8. The molecule has 28 heavy (non-hydrogen) atoms. The Kier molecular flexibility index (Phi) is 6.99. The van der Waals surface area contributed by atoms with Crippen LogP contribution in [-0.4, -0.2) is 53.5 Å². The molecule has 0 aromatic heterocycles. The molecule has 0 saturated carbocycles. The Hall–Kier alpha value is -0.0331. The van der Waals surface area contributed by atoms with Crippen molar-refractivity contribution in [3.05, 3.63) is 0 Å². The van der Waals surface area contributed by atoms with Crippen LogP contribution in [0.1, 0.15) is 0 Å². The molecule has 0 aliphatic heterocycles. The minimum atomic E-state index is -8.43. The number of hydrogen-bond donors (Lipinski definition) is 0. The van der Waals surface area contributed by atoms with Gasteiger partial charge in [-0.2, -0.15) is 57.1 Å². The van der Waals surface area contributed by atoms with Crippen molar-refractivity contribution in [1.29, 1.82) is 0 Å². The fourth-order valence-electron chi connectivity index (χ4n) is 1.31. The van der Waals surface area contributed by atoms with E-state index in [0.29, 0.717) is 0 Å². The predicted molar refractivity (Wildman–Crippen MR) is 63.9 cm³/mol. The molecular weight excluding hydrogens is 535 g/mol. The lowest BCUT2D eigenvalue weighted by Gasteiger charge is -2.41. The minimum absolute atomic E-state index is 4.41. The molecule has 0 spiro atoms. The highest BCUT2D eigenvalue weighted by molar-refractivity contribution is 7.65. The van der Waals surface area contributed by atoms with E-state index in [1.54, 1.807) is 0 Å². The van der Waals surface area contributed by atoms with E-state index < -0.39 is 53.5 Å². The number of rotatable bonds is 7. The maximum atomic E-state index is 13.2. The average Bonchev–Trinajstić information content (AvgIpc) is 2.42. The van der Waals surface area contributed by atoms with Gasteiger partial charge >= 0.3 is 47.3 Å². The maximum absolute atomic E-state index is 13.2. The second-order valence-corrected chi connectivity index (χ2v) is 13.4. The Morgan fingerprint density at radius 1 is 0.500 bits per heavy atom. The van der Waals surface area contributed by atoms with Crippen LogP contribution in [0.4, 0.5) is 70.2 Å². The Labute approximate surface area is 157 Å². The van der Waals surface area contributed by atoms with E-state index in [0.717, 1.165) is 0 Å². The molecule has 0 aromatic rings. The van der Waals surface area contributed by atoms with Gasteiger partial charge in [0.2, 0.25) is 6.17 Å². The first-order valence-corrected chi connectivity index (χ1v) is 10.7. The van der Waals surface area contributed by atoms with Crippen molar-refractivity contribution < 1.29 is 70.2 Å². The first-order valence-electron chi connectivity index (χ1n) is 5.70. The van der Waals surface area contributed by atoms with Crippen LogP contribution in [0, 0.1) is 0 Å². The Balaban J connectivity index is 6.56. The summed E-state index contributed by atoms with van der Waals surface area (Å²) >= 11 is 13.2. The topological polar surface area (TPSA) is 0 Å². The van der Waals surface area contributed by atoms with Crippen LogP contribution in [0.25, 0.3) is 0 Å². The van der Waals surface area contributed by atoms with E-state index in [2.05, 4.69) is 33.2 Å². The van der Waals surface area contributed by atoms with Crippen molar-refractivity contribution >= 4 is 39.2 Å². The number of halogens is 19. The third kappa shape index (κ3) is 3.72. The summed E-state index contributed by atoms with van der Waals surface area (Å²) in [6.45, 7) is 0. The van der Waals surface area contributed by atoms with E-state index in [4.69, 9.17) is 0 Å². The van der Waals surface area contributed by atoms with Gasteiger partial charge in [-0.3, -0.25) is 0 Å². The zero-order chi connectivity index (χ0) is 23.6. The second kappa shape index (κ2) is 7.00. The second-order valence-electron chi connectivity index (χ2n) is 4.90. The molecule has 0 rings (SSSR count). The van der Waals surface area contributed by atoms with Crippen LogP contribution in [0.5, 0.6) is 0 Å². The first-order chi connectivity index (χ1) is 11.7. The molecule has 0 fully saturated rings. The van der Waals surface area contributed by atoms with E-state index in [9.17, 15) is 70.2 Å². The van der Waals surface area contributed by atoms with E-state index >= 15 is 0 Å². The maximum Gasteiger partial charge on any atom is 0.460 e. The molecule has 0 heterocycles. The largest absolute Gasteiger partial charge is 0.460 e. The summed E-state index contributed by atoms with van der Waals surface area (Å²) in [6, 6.07) is -6.17. The molecule has 0 aliphatic carbocycles. The molecule has 0 nitrogen and oxygen atoms in total. The summed E-state index contributed by atoms with van der Waals surface area (Å²) in [6.07, 6.45) is -13.7. The van der Waals surface area contributed by atoms with Gasteiger partial charge in [0.25, 0.3) is 0 Å². The van der Waals surface area contributed by atoms with Crippen molar-refractivity contribution in [2.45, 2.75) is 47.5 Å². The van der Waals surface area contributed by atoms with Crippen LogP contribution < -0.4 is 0 Å².